The number of benzene rings is 2. The molecule has 0 fully saturated rings. The quantitative estimate of drug-likeness (QED) is 0.795. The van der Waals surface area contributed by atoms with E-state index in [9.17, 15) is 8.78 Å². The van der Waals surface area contributed by atoms with Gasteiger partial charge in [-0.3, -0.25) is 0 Å². The third-order valence-corrected chi connectivity index (χ3v) is 3.24. The van der Waals surface area contributed by atoms with Crippen LogP contribution in [0.5, 0.6) is 0 Å². The third-order valence-electron chi connectivity index (χ3n) is 3.24. The molecule has 0 aliphatic heterocycles. The Hall–Kier alpha value is -1.74. The van der Waals surface area contributed by atoms with Crippen LogP contribution in [0.1, 0.15) is 24.5 Å². The number of rotatable bonds is 5. The van der Waals surface area contributed by atoms with E-state index in [4.69, 9.17) is 0 Å². The molecule has 0 amide bonds. The molecule has 0 saturated carbocycles. The molecule has 20 heavy (non-hydrogen) atoms. The lowest BCUT2D eigenvalue weighted by atomic mass is 9.96. The Morgan fingerprint density at radius 2 is 1.75 bits per heavy atom. The van der Waals surface area contributed by atoms with Crippen LogP contribution >= 0.6 is 0 Å². The molecule has 0 atom stereocenters. The van der Waals surface area contributed by atoms with Crippen molar-refractivity contribution in [2.24, 2.45) is 0 Å². The molecular formula is C17H19F2N. The van der Waals surface area contributed by atoms with Gasteiger partial charge in [0.15, 0.2) is 0 Å². The van der Waals surface area contributed by atoms with Crippen molar-refractivity contribution in [2.75, 3.05) is 6.54 Å². The summed E-state index contributed by atoms with van der Waals surface area (Å²) in [4.78, 5) is 0. The second-order valence-corrected chi connectivity index (χ2v) is 4.93. The summed E-state index contributed by atoms with van der Waals surface area (Å²) in [5.41, 5.74) is 2.59. The molecule has 2 aromatic carbocycles. The molecule has 1 N–H and O–H groups in total. The van der Waals surface area contributed by atoms with Crippen LogP contribution in [0.4, 0.5) is 8.78 Å². The lowest BCUT2D eigenvalue weighted by Crippen LogP contribution is -2.14. The summed E-state index contributed by atoms with van der Waals surface area (Å²) in [5.74, 6) is -1.04. The van der Waals surface area contributed by atoms with Crippen LogP contribution in [-0.2, 0) is 6.54 Å². The molecular weight excluding hydrogens is 256 g/mol. The molecule has 2 rings (SSSR count). The highest BCUT2D eigenvalue weighted by atomic mass is 19.1. The van der Waals surface area contributed by atoms with Crippen molar-refractivity contribution in [2.45, 2.75) is 26.8 Å². The highest BCUT2D eigenvalue weighted by Crippen LogP contribution is 2.30. The van der Waals surface area contributed by atoms with Crippen molar-refractivity contribution in [1.82, 2.24) is 5.32 Å². The van der Waals surface area contributed by atoms with Gasteiger partial charge in [0.2, 0.25) is 0 Å². The Morgan fingerprint density at radius 1 is 1.05 bits per heavy atom. The summed E-state index contributed by atoms with van der Waals surface area (Å²) < 4.78 is 28.0. The van der Waals surface area contributed by atoms with Crippen molar-refractivity contribution in [3.63, 3.8) is 0 Å². The highest BCUT2D eigenvalue weighted by Gasteiger charge is 2.14. The van der Waals surface area contributed by atoms with Gasteiger partial charge in [0, 0.05) is 6.54 Å². The van der Waals surface area contributed by atoms with Crippen LogP contribution < -0.4 is 5.32 Å². The van der Waals surface area contributed by atoms with Gasteiger partial charge >= 0.3 is 0 Å². The molecule has 1 nitrogen and oxygen atoms in total. The molecule has 0 radical (unpaired) electrons. The van der Waals surface area contributed by atoms with E-state index in [-0.39, 0.29) is 5.56 Å². The third kappa shape index (κ3) is 3.23. The minimum Gasteiger partial charge on any atom is -0.313 e. The minimum atomic E-state index is -0.521. The topological polar surface area (TPSA) is 12.0 Å². The van der Waals surface area contributed by atoms with Crippen LogP contribution in [0.25, 0.3) is 11.1 Å². The number of halogens is 2. The number of hydrogen-bond donors (Lipinski definition) is 1. The van der Waals surface area contributed by atoms with Crippen molar-refractivity contribution >= 4 is 0 Å². The SMILES string of the molecule is CCCNCc1ccc(C)cc1-c1c(F)cccc1F. The zero-order valence-electron chi connectivity index (χ0n) is 11.8. The largest absolute Gasteiger partial charge is 0.313 e. The van der Waals surface area contributed by atoms with Crippen molar-refractivity contribution in [3.05, 3.63) is 59.2 Å². The van der Waals surface area contributed by atoms with Gasteiger partial charge < -0.3 is 5.32 Å². The van der Waals surface area contributed by atoms with Gasteiger partial charge in [-0.1, -0.05) is 36.8 Å². The van der Waals surface area contributed by atoms with Gasteiger partial charge in [0.05, 0.1) is 5.56 Å². The van der Waals surface area contributed by atoms with E-state index in [0.29, 0.717) is 12.1 Å². The maximum atomic E-state index is 14.0. The standard InChI is InChI=1S/C17H19F2N/c1-3-9-20-11-13-8-7-12(2)10-14(13)17-15(18)5-4-6-16(17)19/h4-8,10,20H,3,9,11H2,1-2H3. The van der Waals surface area contributed by atoms with Gasteiger partial charge in [0.25, 0.3) is 0 Å². The zero-order chi connectivity index (χ0) is 14.5. The van der Waals surface area contributed by atoms with Gasteiger partial charge in [-0.25, -0.2) is 8.78 Å². The fraction of sp³-hybridized carbons (Fsp3) is 0.294. The van der Waals surface area contributed by atoms with Crippen LogP contribution in [0.15, 0.2) is 36.4 Å². The number of nitrogens with one attached hydrogen (secondary N) is 1. The molecule has 0 aromatic heterocycles. The van der Waals surface area contributed by atoms with Crippen LogP contribution in [0.3, 0.4) is 0 Å². The predicted molar refractivity (Wildman–Crippen MR) is 78.5 cm³/mol. The first kappa shape index (κ1) is 14.7. The van der Waals surface area contributed by atoms with Gasteiger partial charge in [-0.2, -0.15) is 0 Å². The number of aryl methyl sites for hydroxylation is 1. The fourth-order valence-corrected chi connectivity index (χ4v) is 2.23. The lowest BCUT2D eigenvalue weighted by molar-refractivity contribution is 0.588. The average Bonchev–Trinajstić information content (AvgIpc) is 2.41. The molecule has 0 unspecified atom stereocenters. The Morgan fingerprint density at radius 3 is 2.40 bits per heavy atom. The fourth-order valence-electron chi connectivity index (χ4n) is 2.23. The Bertz CT molecular complexity index is 573. The zero-order valence-corrected chi connectivity index (χ0v) is 11.8. The summed E-state index contributed by atoms with van der Waals surface area (Å²) in [7, 11) is 0. The Balaban J connectivity index is 2.46. The summed E-state index contributed by atoms with van der Waals surface area (Å²) in [6, 6.07) is 9.71. The molecule has 2 aromatic rings. The molecule has 0 bridgehead atoms. The molecule has 0 spiro atoms. The summed E-state index contributed by atoms with van der Waals surface area (Å²) in [6.45, 7) is 5.50. The van der Waals surface area contributed by atoms with E-state index in [0.717, 1.165) is 24.1 Å². The van der Waals surface area contributed by atoms with Crippen molar-refractivity contribution in [3.8, 4) is 11.1 Å². The van der Waals surface area contributed by atoms with Gasteiger partial charge in [-0.05, 0) is 43.1 Å². The van der Waals surface area contributed by atoms with Crippen molar-refractivity contribution < 1.29 is 8.78 Å². The van der Waals surface area contributed by atoms with E-state index in [1.165, 1.54) is 18.2 Å². The monoisotopic (exact) mass is 275 g/mol. The molecule has 0 aliphatic rings. The molecule has 0 aliphatic carbocycles. The van der Waals surface area contributed by atoms with Crippen molar-refractivity contribution in [1.29, 1.82) is 0 Å². The van der Waals surface area contributed by atoms with E-state index in [1.807, 2.05) is 25.1 Å². The first-order valence-corrected chi connectivity index (χ1v) is 6.88. The van der Waals surface area contributed by atoms with Crippen LogP contribution in [0.2, 0.25) is 0 Å². The van der Waals surface area contributed by atoms with Gasteiger partial charge in [0.1, 0.15) is 11.6 Å². The first-order chi connectivity index (χ1) is 9.63. The summed E-state index contributed by atoms with van der Waals surface area (Å²) in [5, 5.41) is 3.27. The van der Waals surface area contributed by atoms with Crippen LogP contribution in [-0.4, -0.2) is 6.54 Å². The normalized spacial score (nSPS) is 10.8. The predicted octanol–water partition coefficient (Wildman–Crippen LogP) is 4.44. The summed E-state index contributed by atoms with van der Waals surface area (Å²) in [6.07, 6.45) is 1.02. The first-order valence-electron chi connectivity index (χ1n) is 6.88. The maximum Gasteiger partial charge on any atom is 0.133 e. The second-order valence-electron chi connectivity index (χ2n) is 4.93. The Labute approximate surface area is 118 Å². The summed E-state index contributed by atoms with van der Waals surface area (Å²) >= 11 is 0. The number of hydrogen-bond acceptors (Lipinski definition) is 1. The maximum absolute atomic E-state index is 14.0. The second kappa shape index (κ2) is 6.62. The van der Waals surface area contributed by atoms with E-state index < -0.39 is 11.6 Å². The molecule has 106 valence electrons. The molecule has 3 heteroatoms. The van der Waals surface area contributed by atoms with E-state index >= 15 is 0 Å². The van der Waals surface area contributed by atoms with E-state index in [2.05, 4.69) is 12.2 Å². The lowest BCUT2D eigenvalue weighted by Gasteiger charge is -2.13. The molecule has 0 heterocycles. The Kier molecular flexibility index (Phi) is 4.85. The average molecular weight is 275 g/mol. The minimum absolute atomic E-state index is 0.0597. The highest BCUT2D eigenvalue weighted by molar-refractivity contribution is 5.69. The molecule has 0 saturated heterocycles. The smallest absolute Gasteiger partial charge is 0.133 e. The van der Waals surface area contributed by atoms with Gasteiger partial charge in [-0.15, -0.1) is 0 Å². The van der Waals surface area contributed by atoms with E-state index in [1.54, 1.807) is 0 Å². The van der Waals surface area contributed by atoms with Crippen LogP contribution in [0, 0.1) is 18.6 Å².